The highest BCUT2D eigenvalue weighted by Crippen LogP contribution is 2.38. The van der Waals surface area contributed by atoms with E-state index in [1.54, 1.807) is 19.9 Å². The number of benzene rings is 1. The van der Waals surface area contributed by atoms with Crippen LogP contribution in [0.5, 0.6) is 5.75 Å². The molecule has 4 nitrogen and oxygen atoms in total. The van der Waals surface area contributed by atoms with Gasteiger partial charge in [-0.25, -0.2) is 9.78 Å². The zero-order chi connectivity index (χ0) is 14.9. The molecule has 0 bridgehead atoms. The molecule has 0 atom stereocenters. The van der Waals surface area contributed by atoms with Gasteiger partial charge in [0.25, 0.3) is 0 Å². The standard InChI is InChI=1S/C14H14BrNO3S/c1-4-19-14(18)12-8(3)16-13(20-12)11-7(2)5-9(15)6-10(11)17/h5-6,17H,4H2,1-3H3. The van der Waals surface area contributed by atoms with Crippen molar-refractivity contribution in [2.45, 2.75) is 20.8 Å². The van der Waals surface area contributed by atoms with Crippen LogP contribution in [0.25, 0.3) is 10.6 Å². The fourth-order valence-corrected chi connectivity index (χ4v) is 3.53. The van der Waals surface area contributed by atoms with Crippen LogP contribution < -0.4 is 0 Å². The highest BCUT2D eigenvalue weighted by Gasteiger charge is 2.20. The third-order valence-corrected chi connectivity index (χ3v) is 4.36. The maximum atomic E-state index is 11.8. The van der Waals surface area contributed by atoms with Crippen molar-refractivity contribution in [1.82, 2.24) is 4.98 Å². The van der Waals surface area contributed by atoms with Gasteiger partial charge in [-0.2, -0.15) is 0 Å². The van der Waals surface area contributed by atoms with E-state index < -0.39 is 0 Å². The lowest BCUT2D eigenvalue weighted by Crippen LogP contribution is -2.03. The summed E-state index contributed by atoms with van der Waals surface area (Å²) in [7, 11) is 0. The van der Waals surface area contributed by atoms with Crippen LogP contribution in [-0.2, 0) is 4.74 Å². The molecule has 1 N–H and O–H groups in total. The molecule has 0 spiro atoms. The minimum absolute atomic E-state index is 0.140. The molecule has 0 amide bonds. The number of halogens is 1. The maximum Gasteiger partial charge on any atom is 0.350 e. The Labute approximate surface area is 129 Å². The molecule has 0 saturated carbocycles. The van der Waals surface area contributed by atoms with E-state index >= 15 is 0 Å². The molecule has 0 aliphatic carbocycles. The molecule has 1 aromatic heterocycles. The summed E-state index contributed by atoms with van der Waals surface area (Å²) in [5.74, 6) is -0.232. The van der Waals surface area contributed by atoms with E-state index in [4.69, 9.17) is 4.74 Å². The van der Waals surface area contributed by atoms with Gasteiger partial charge in [-0.3, -0.25) is 0 Å². The van der Waals surface area contributed by atoms with E-state index in [0.717, 1.165) is 10.0 Å². The van der Waals surface area contributed by atoms with E-state index in [1.165, 1.54) is 11.3 Å². The molecule has 0 fully saturated rings. The average Bonchev–Trinajstić information content (AvgIpc) is 2.70. The first-order chi connectivity index (χ1) is 9.43. The maximum absolute atomic E-state index is 11.8. The first kappa shape index (κ1) is 15.0. The second-order valence-electron chi connectivity index (χ2n) is 4.27. The number of aryl methyl sites for hydroxylation is 2. The topological polar surface area (TPSA) is 59.4 Å². The van der Waals surface area contributed by atoms with Gasteiger partial charge >= 0.3 is 5.97 Å². The molecule has 1 heterocycles. The Hall–Kier alpha value is -1.40. The Kier molecular flexibility index (Phi) is 4.45. The summed E-state index contributed by atoms with van der Waals surface area (Å²) in [4.78, 5) is 16.7. The minimum Gasteiger partial charge on any atom is -0.507 e. The highest BCUT2D eigenvalue weighted by molar-refractivity contribution is 9.10. The fraction of sp³-hybridized carbons (Fsp3) is 0.286. The van der Waals surface area contributed by atoms with Crippen LogP contribution in [0.4, 0.5) is 0 Å². The number of phenolic OH excluding ortho intramolecular Hbond substituents is 1. The lowest BCUT2D eigenvalue weighted by molar-refractivity contribution is 0.0531. The van der Waals surface area contributed by atoms with E-state index in [-0.39, 0.29) is 11.7 Å². The molecule has 106 valence electrons. The van der Waals surface area contributed by atoms with Crippen molar-refractivity contribution in [1.29, 1.82) is 0 Å². The second kappa shape index (κ2) is 5.93. The molecule has 6 heteroatoms. The molecule has 20 heavy (non-hydrogen) atoms. The number of carbonyl (C=O) groups excluding carboxylic acids is 1. The van der Waals surface area contributed by atoms with Gasteiger partial charge in [-0.05, 0) is 38.5 Å². The Morgan fingerprint density at radius 3 is 2.75 bits per heavy atom. The van der Waals surface area contributed by atoms with Gasteiger partial charge in [0.1, 0.15) is 15.6 Å². The first-order valence-electron chi connectivity index (χ1n) is 6.08. The molecule has 0 unspecified atom stereocenters. The predicted molar refractivity (Wildman–Crippen MR) is 82.3 cm³/mol. The van der Waals surface area contributed by atoms with Gasteiger partial charge in [0, 0.05) is 4.47 Å². The van der Waals surface area contributed by atoms with Gasteiger partial charge in [0.2, 0.25) is 0 Å². The van der Waals surface area contributed by atoms with Crippen molar-refractivity contribution in [3.63, 3.8) is 0 Å². The van der Waals surface area contributed by atoms with Crippen molar-refractivity contribution in [2.75, 3.05) is 6.61 Å². The number of aromatic nitrogens is 1. The number of rotatable bonds is 3. The number of hydrogen-bond donors (Lipinski definition) is 1. The SMILES string of the molecule is CCOC(=O)c1sc(-c2c(C)cc(Br)cc2O)nc1C. The molecular formula is C14H14BrNO3S. The number of carbonyl (C=O) groups is 1. The largest absolute Gasteiger partial charge is 0.507 e. The molecule has 0 radical (unpaired) electrons. The van der Waals surface area contributed by atoms with Crippen LogP contribution in [0.2, 0.25) is 0 Å². The van der Waals surface area contributed by atoms with E-state index in [2.05, 4.69) is 20.9 Å². The summed E-state index contributed by atoms with van der Waals surface area (Å²) in [5, 5.41) is 10.7. The van der Waals surface area contributed by atoms with Crippen LogP contribution in [0.15, 0.2) is 16.6 Å². The van der Waals surface area contributed by atoms with E-state index in [9.17, 15) is 9.90 Å². The van der Waals surface area contributed by atoms with Gasteiger partial charge in [-0.15, -0.1) is 11.3 Å². The number of aromatic hydroxyl groups is 1. The average molecular weight is 356 g/mol. The van der Waals surface area contributed by atoms with Crippen molar-refractivity contribution in [3.05, 3.63) is 32.7 Å². The number of phenols is 1. The molecule has 2 aromatic rings. The monoisotopic (exact) mass is 355 g/mol. The van der Waals surface area contributed by atoms with E-state index in [1.807, 2.05) is 13.0 Å². The normalized spacial score (nSPS) is 10.6. The van der Waals surface area contributed by atoms with Crippen LogP contribution in [0.3, 0.4) is 0 Å². The molecular weight excluding hydrogens is 342 g/mol. The smallest absolute Gasteiger partial charge is 0.350 e. The van der Waals surface area contributed by atoms with Gasteiger partial charge < -0.3 is 9.84 Å². The quantitative estimate of drug-likeness (QED) is 0.843. The Bertz CT molecular complexity index is 643. The van der Waals surface area contributed by atoms with Crippen molar-refractivity contribution in [2.24, 2.45) is 0 Å². The van der Waals surface area contributed by atoms with Crippen LogP contribution >= 0.6 is 27.3 Å². The van der Waals surface area contributed by atoms with Crippen LogP contribution in [0, 0.1) is 13.8 Å². The zero-order valence-corrected chi connectivity index (χ0v) is 13.8. The number of thiazole rings is 1. The fourth-order valence-electron chi connectivity index (χ4n) is 1.89. The number of nitrogens with zero attached hydrogens (tertiary/aromatic N) is 1. The number of ether oxygens (including phenoxy) is 1. The summed E-state index contributed by atoms with van der Waals surface area (Å²) < 4.78 is 5.80. The second-order valence-corrected chi connectivity index (χ2v) is 6.19. The predicted octanol–water partition coefficient (Wildman–Crippen LogP) is 4.07. The van der Waals surface area contributed by atoms with Crippen molar-refractivity contribution >= 4 is 33.2 Å². The summed E-state index contributed by atoms with van der Waals surface area (Å²) in [6.07, 6.45) is 0. The first-order valence-corrected chi connectivity index (χ1v) is 7.69. The summed E-state index contributed by atoms with van der Waals surface area (Å²) in [6, 6.07) is 3.51. The third kappa shape index (κ3) is 2.86. The Morgan fingerprint density at radius 1 is 1.45 bits per heavy atom. The lowest BCUT2D eigenvalue weighted by Gasteiger charge is -2.06. The Morgan fingerprint density at radius 2 is 2.15 bits per heavy atom. The van der Waals surface area contributed by atoms with E-state index in [0.29, 0.717) is 27.7 Å². The lowest BCUT2D eigenvalue weighted by atomic mass is 10.1. The minimum atomic E-state index is -0.372. The zero-order valence-electron chi connectivity index (χ0n) is 11.4. The number of esters is 1. The van der Waals surface area contributed by atoms with Crippen molar-refractivity contribution < 1.29 is 14.6 Å². The highest BCUT2D eigenvalue weighted by atomic mass is 79.9. The van der Waals surface area contributed by atoms with Gasteiger partial charge in [-0.1, -0.05) is 15.9 Å². The summed E-state index contributed by atoms with van der Waals surface area (Å²) in [6.45, 7) is 5.74. The summed E-state index contributed by atoms with van der Waals surface area (Å²) in [5.41, 5.74) is 2.16. The summed E-state index contributed by atoms with van der Waals surface area (Å²) >= 11 is 4.57. The molecule has 0 saturated heterocycles. The van der Waals surface area contributed by atoms with Crippen molar-refractivity contribution in [3.8, 4) is 16.3 Å². The molecule has 0 aliphatic rings. The molecule has 0 aliphatic heterocycles. The molecule has 2 rings (SSSR count). The van der Waals surface area contributed by atoms with Gasteiger partial charge in [0.15, 0.2) is 0 Å². The third-order valence-electron chi connectivity index (χ3n) is 2.75. The number of hydrogen-bond acceptors (Lipinski definition) is 5. The van der Waals surface area contributed by atoms with Crippen LogP contribution in [-0.4, -0.2) is 22.7 Å². The van der Waals surface area contributed by atoms with Crippen LogP contribution in [0.1, 0.15) is 27.9 Å². The molecule has 1 aromatic carbocycles. The Balaban J connectivity index is 2.50. The van der Waals surface area contributed by atoms with Gasteiger partial charge in [0.05, 0.1) is 17.9 Å².